The highest BCUT2D eigenvalue weighted by molar-refractivity contribution is 8.00. The molecule has 1 aromatic heterocycles. The maximum absolute atomic E-state index is 13.2. The highest BCUT2D eigenvalue weighted by atomic mass is 32.2. The first-order valence-corrected chi connectivity index (χ1v) is 17.8. The zero-order valence-corrected chi connectivity index (χ0v) is 28.2. The molecule has 5 heterocycles. The highest BCUT2D eigenvalue weighted by Crippen LogP contribution is 2.57. The Bertz CT molecular complexity index is 2180. The summed E-state index contributed by atoms with van der Waals surface area (Å²) >= 11 is 2.87. The van der Waals surface area contributed by atoms with Crippen LogP contribution in [0.25, 0.3) is 0 Å². The van der Waals surface area contributed by atoms with E-state index in [1.165, 1.54) is 34.1 Å². The number of hydrogen-bond acceptors (Lipinski definition) is 11. The molecule has 4 aliphatic rings. The number of ether oxygens (including phenoxy) is 4. The van der Waals surface area contributed by atoms with E-state index in [2.05, 4.69) is 0 Å². The molecule has 4 aliphatic heterocycles. The van der Waals surface area contributed by atoms with Gasteiger partial charge in [-0.2, -0.15) is 0 Å². The van der Waals surface area contributed by atoms with Crippen LogP contribution in [-0.2, 0) is 35.9 Å². The van der Waals surface area contributed by atoms with Gasteiger partial charge in [-0.25, -0.2) is 14.4 Å². The molecule has 3 unspecified atom stereocenters. The number of Topliss-reactive ketones (excluding diaryl/α,β-unsaturated/α-hetero) is 1. The van der Waals surface area contributed by atoms with E-state index in [4.69, 9.17) is 24.1 Å². The molecule has 51 heavy (non-hydrogen) atoms. The van der Waals surface area contributed by atoms with Gasteiger partial charge in [0.25, 0.3) is 0 Å². The molecule has 1 amide bonds. The van der Waals surface area contributed by atoms with Crippen LogP contribution in [0.5, 0.6) is 23.0 Å². The number of carboxylic acids is 2. The lowest BCUT2D eigenvalue weighted by atomic mass is 9.77. The van der Waals surface area contributed by atoms with E-state index in [1.54, 1.807) is 54.6 Å². The number of carboxylic acid groups (broad SMARTS) is 2. The second-order valence-electron chi connectivity index (χ2n) is 12.3. The van der Waals surface area contributed by atoms with Crippen molar-refractivity contribution in [2.45, 2.75) is 23.8 Å². The van der Waals surface area contributed by atoms with Crippen LogP contribution >= 0.6 is 23.1 Å². The van der Waals surface area contributed by atoms with Crippen molar-refractivity contribution >= 4 is 52.7 Å². The summed E-state index contributed by atoms with van der Waals surface area (Å²) in [5.41, 5.74) is 0.903. The fourth-order valence-corrected chi connectivity index (χ4v) is 9.11. The van der Waals surface area contributed by atoms with Crippen LogP contribution in [0.1, 0.15) is 38.3 Å². The van der Waals surface area contributed by atoms with Crippen molar-refractivity contribution in [2.75, 3.05) is 19.0 Å². The van der Waals surface area contributed by atoms with Crippen molar-refractivity contribution in [2.24, 2.45) is 5.92 Å². The van der Waals surface area contributed by atoms with E-state index in [-0.39, 0.29) is 48.2 Å². The van der Waals surface area contributed by atoms with Crippen molar-refractivity contribution in [3.8, 4) is 23.0 Å². The number of β-lactam (4-membered cyclic amide) rings is 1. The second kappa shape index (κ2) is 12.6. The number of carbonyl (C=O) groups is 5. The zero-order valence-electron chi connectivity index (χ0n) is 26.5. The molecule has 12 nitrogen and oxygen atoms in total. The largest absolute Gasteiger partial charge is 0.489 e. The van der Waals surface area contributed by atoms with Crippen LogP contribution in [0, 0.1) is 5.92 Å². The van der Waals surface area contributed by atoms with E-state index in [9.17, 15) is 29.1 Å². The maximum atomic E-state index is 13.2. The number of thioether (sulfide) groups is 1. The molecule has 0 bridgehead atoms. The number of thiophene rings is 1. The third-order valence-corrected chi connectivity index (χ3v) is 11.5. The molecule has 0 saturated carbocycles. The molecule has 0 radical (unpaired) electrons. The summed E-state index contributed by atoms with van der Waals surface area (Å²) < 4.78 is 23.9. The van der Waals surface area contributed by atoms with Crippen LogP contribution in [0.3, 0.4) is 0 Å². The highest BCUT2D eigenvalue weighted by Gasteiger charge is 2.55. The van der Waals surface area contributed by atoms with Gasteiger partial charge in [-0.1, -0.05) is 24.3 Å². The SMILES string of the molecule is O=C(O)COc1ccc2c(c1)Oc1cc(OCC3=C(C(=O)O)N4C(=O)C(CC(=O)Cc5cccs5)C4SC3)ccc1C21OC(=O)c2ccccc21. The summed E-state index contributed by atoms with van der Waals surface area (Å²) in [5, 5.41) is 20.7. The summed E-state index contributed by atoms with van der Waals surface area (Å²) in [6.07, 6.45) is 0.293. The first-order valence-electron chi connectivity index (χ1n) is 15.8. The van der Waals surface area contributed by atoms with E-state index in [0.717, 1.165) is 4.88 Å². The number of carbonyl (C=O) groups excluding carboxylic acids is 3. The third kappa shape index (κ3) is 5.51. The first-order chi connectivity index (χ1) is 24.6. The topological polar surface area (TPSA) is 166 Å². The summed E-state index contributed by atoms with van der Waals surface area (Å²) in [5.74, 6) is -2.58. The van der Waals surface area contributed by atoms with Gasteiger partial charge in [-0.3, -0.25) is 14.5 Å². The van der Waals surface area contributed by atoms with Gasteiger partial charge in [0, 0.05) is 57.9 Å². The standard InChI is InChI=1S/C37H27NO11S2/c39-20(12-23-4-3-11-50-23)13-25-33(42)38-32(35(43)44)19(18-51-34(25)38)16-46-21-7-9-27-29(14-21)48-30-15-22(47-17-31(40)41)8-10-28(30)37(27)26-6-2-1-5-24(26)36(45)49-37/h1-11,14-15,25,34H,12-13,16-18H2,(H,40,41)(H,43,44). The minimum absolute atomic E-state index is 0.0519. The molecule has 3 atom stereocenters. The lowest BCUT2D eigenvalue weighted by Crippen LogP contribution is -2.62. The molecule has 8 rings (SSSR count). The van der Waals surface area contributed by atoms with Gasteiger partial charge in [0.05, 0.1) is 16.9 Å². The summed E-state index contributed by atoms with van der Waals surface area (Å²) in [6.45, 7) is -0.709. The van der Waals surface area contributed by atoms with E-state index in [0.29, 0.717) is 39.3 Å². The number of nitrogens with zero attached hydrogens (tertiary/aromatic N) is 1. The van der Waals surface area contributed by atoms with Gasteiger partial charge >= 0.3 is 17.9 Å². The van der Waals surface area contributed by atoms with Gasteiger partial charge in [0.2, 0.25) is 5.91 Å². The van der Waals surface area contributed by atoms with Gasteiger partial charge < -0.3 is 29.2 Å². The van der Waals surface area contributed by atoms with Gasteiger partial charge in [-0.15, -0.1) is 23.1 Å². The number of hydrogen-bond donors (Lipinski definition) is 2. The molecule has 0 aliphatic carbocycles. The summed E-state index contributed by atoms with van der Waals surface area (Å²) in [6, 6.07) is 20.5. The molecule has 3 aromatic carbocycles. The Kier molecular flexibility index (Phi) is 8.07. The number of aliphatic carboxylic acids is 2. The molecule has 14 heteroatoms. The van der Waals surface area contributed by atoms with Gasteiger partial charge in [-0.05, 0) is 41.8 Å². The van der Waals surface area contributed by atoms with Crippen molar-refractivity contribution in [1.82, 2.24) is 4.90 Å². The fraction of sp³-hybridized carbons (Fsp3) is 0.216. The van der Waals surface area contributed by atoms with Crippen LogP contribution in [0.15, 0.2) is 89.4 Å². The van der Waals surface area contributed by atoms with Crippen molar-refractivity contribution in [1.29, 1.82) is 0 Å². The summed E-state index contributed by atoms with van der Waals surface area (Å²) in [7, 11) is 0. The third-order valence-electron chi connectivity index (χ3n) is 9.19. The Morgan fingerprint density at radius 2 is 1.63 bits per heavy atom. The Labute approximate surface area is 298 Å². The lowest BCUT2D eigenvalue weighted by molar-refractivity contribution is -0.154. The zero-order chi connectivity index (χ0) is 35.4. The van der Waals surface area contributed by atoms with Gasteiger partial charge in [0.1, 0.15) is 41.1 Å². The molecular formula is C37H27NO11S2. The van der Waals surface area contributed by atoms with E-state index >= 15 is 0 Å². The van der Waals surface area contributed by atoms with Crippen molar-refractivity contribution in [3.63, 3.8) is 0 Å². The number of esters is 1. The molecule has 4 aromatic rings. The molecular weight excluding hydrogens is 699 g/mol. The number of rotatable bonds is 11. The minimum atomic E-state index is -1.38. The van der Waals surface area contributed by atoms with E-state index < -0.39 is 47.3 Å². The fourth-order valence-electron chi connectivity index (χ4n) is 6.99. The maximum Gasteiger partial charge on any atom is 0.352 e. The van der Waals surface area contributed by atoms with Crippen LogP contribution in [0.2, 0.25) is 0 Å². The Balaban J connectivity index is 1.06. The van der Waals surface area contributed by atoms with Crippen molar-refractivity contribution in [3.05, 3.63) is 117 Å². The average Bonchev–Trinajstić information content (AvgIpc) is 3.74. The van der Waals surface area contributed by atoms with Crippen LogP contribution in [-0.4, -0.2) is 69.1 Å². The Hall–Kier alpha value is -5.60. The molecule has 1 fully saturated rings. The van der Waals surface area contributed by atoms with Crippen LogP contribution < -0.4 is 14.2 Å². The smallest absolute Gasteiger partial charge is 0.352 e. The number of ketones is 1. The van der Waals surface area contributed by atoms with Crippen molar-refractivity contribution < 1.29 is 53.1 Å². The number of benzene rings is 3. The predicted octanol–water partition coefficient (Wildman–Crippen LogP) is 5.23. The Morgan fingerprint density at radius 1 is 0.902 bits per heavy atom. The van der Waals surface area contributed by atoms with Gasteiger partial charge in [0.15, 0.2) is 12.2 Å². The normalized spacial score (nSPS) is 21.1. The first kappa shape index (κ1) is 32.6. The number of amides is 1. The lowest BCUT2D eigenvalue weighted by Gasteiger charge is -2.49. The van der Waals surface area contributed by atoms with Crippen LogP contribution in [0.4, 0.5) is 0 Å². The molecule has 1 saturated heterocycles. The molecule has 2 N–H and O–H groups in total. The average molecular weight is 726 g/mol. The monoisotopic (exact) mass is 725 g/mol. The van der Waals surface area contributed by atoms with E-state index in [1.807, 2.05) is 17.5 Å². The Morgan fingerprint density at radius 3 is 2.31 bits per heavy atom. The molecule has 258 valence electrons. The second-order valence-corrected chi connectivity index (χ2v) is 14.4. The number of fused-ring (bicyclic) bond motifs is 7. The summed E-state index contributed by atoms with van der Waals surface area (Å²) in [4.78, 5) is 64.8. The quantitative estimate of drug-likeness (QED) is 0.153. The molecule has 1 spiro atoms. The predicted molar refractivity (Wildman–Crippen MR) is 182 cm³/mol. The minimum Gasteiger partial charge on any atom is -0.489 e.